The molecule has 2 aromatic carbocycles. The minimum atomic E-state index is 0.128. The number of nitrogens with one attached hydrogen (secondary N) is 2. The number of amides is 1. The molecule has 26 heavy (non-hydrogen) atoms. The zero-order chi connectivity index (χ0) is 18.0. The van der Waals surface area contributed by atoms with E-state index in [4.69, 9.17) is 0 Å². The normalized spacial score (nSPS) is 10.6. The summed E-state index contributed by atoms with van der Waals surface area (Å²) in [5.41, 5.74) is 1.11. The highest BCUT2D eigenvalue weighted by molar-refractivity contribution is 5.93. The first kappa shape index (κ1) is 17.9. The predicted molar refractivity (Wildman–Crippen MR) is 106 cm³/mol. The maximum atomic E-state index is 11.9. The van der Waals surface area contributed by atoms with Gasteiger partial charge in [-0.25, -0.2) is 4.57 Å². The number of hydrogen-bond donors (Lipinski definition) is 2. The molecule has 0 atom stereocenters. The van der Waals surface area contributed by atoms with Crippen molar-refractivity contribution in [1.82, 2.24) is 5.32 Å². The van der Waals surface area contributed by atoms with Crippen molar-refractivity contribution in [2.24, 2.45) is 0 Å². The molecule has 0 aliphatic rings. The highest BCUT2D eigenvalue weighted by Gasteiger charge is 2.03. The van der Waals surface area contributed by atoms with Crippen LogP contribution in [-0.2, 0) is 11.3 Å². The van der Waals surface area contributed by atoms with Gasteiger partial charge in [0.25, 0.3) is 0 Å². The van der Waals surface area contributed by atoms with E-state index in [2.05, 4.69) is 51.9 Å². The number of rotatable bonds is 9. The largest absolute Gasteiger partial charge is 0.383 e. The summed E-state index contributed by atoms with van der Waals surface area (Å²) in [7, 11) is 0. The molecule has 0 bridgehead atoms. The third-order valence-electron chi connectivity index (χ3n) is 4.40. The van der Waals surface area contributed by atoms with Gasteiger partial charge in [0.1, 0.15) is 6.54 Å². The Morgan fingerprint density at radius 3 is 2.54 bits per heavy atom. The van der Waals surface area contributed by atoms with Gasteiger partial charge in [-0.15, -0.1) is 0 Å². The summed E-state index contributed by atoms with van der Waals surface area (Å²) in [4.78, 5) is 11.9. The first-order valence-corrected chi connectivity index (χ1v) is 9.25. The number of carbonyl (C=O) groups excluding carboxylic acids is 1. The molecule has 134 valence electrons. The van der Waals surface area contributed by atoms with Crippen molar-refractivity contribution in [1.29, 1.82) is 0 Å². The second-order valence-electron chi connectivity index (χ2n) is 6.37. The van der Waals surface area contributed by atoms with Crippen molar-refractivity contribution in [2.45, 2.75) is 25.8 Å². The third-order valence-corrected chi connectivity index (χ3v) is 4.40. The Balaban J connectivity index is 1.32. The predicted octanol–water partition coefficient (Wildman–Crippen LogP) is 3.53. The summed E-state index contributed by atoms with van der Waals surface area (Å²) in [6.07, 6.45) is 6.61. The summed E-state index contributed by atoms with van der Waals surface area (Å²) in [6.45, 7) is 2.31. The molecule has 0 saturated heterocycles. The highest BCUT2D eigenvalue weighted by Crippen LogP contribution is 2.22. The Labute approximate surface area is 154 Å². The van der Waals surface area contributed by atoms with Gasteiger partial charge in [0.15, 0.2) is 12.4 Å². The van der Waals surface area contributed by atoms with E-state index in [9.17, 15) is 4.79 Å². The molecule has 1 heterocycles. The first-order chi connectivity index (χ1) is 12.8. The highest BCUT2D eigenvalue weighted by atomic mass is 16.1. The number of hydrogen-bond acceptors (Lipinski definition) is 2. The van der Waals surface area contributed by atoms with Gasteiger partial charge >= 0.3 is 0 Å². The van der Waals surface area contributed by atoms with Gasteiger partial charge in [0.2, 0.25) is 5.91 Å². The van der Waals surface area contributed by atoms with Crippen LogP contribution < -0.4 is 15.2 Å². The number of pyridine rings is 1. The fourth-order valence-electron chi connectivity index (χ4n) is 3.03. The Kier molecular flexibility index (Phi) is 6.59. The molecule has 3 aromatic rings. The summed E-state index contributed by atoms with van der Waals surface area (Å²) in [6, 6.07) is 20.6. The molecule has 0 aliphatic carbocycles. The molecular weight excluding hydrogens is 322 g/mol. The number of aryl methyl sites for hydroxylation is 1. The van der Waals surface area contributed by atoms with Gasteiger partial charge in [-0.05, 0) is 17.9 Å². The van der Waals surface area contributed by atoms with Crippen molar-refractivity contribution in [3.05, 3.63) is 73.1 Å². The van der Waals surface area contributed by atoms with Gasteiger partial charge in [-0.2, -0.15) is 0 Å². The summed E-state index contributed by atoms with van der Waals surface area (Å²) >= 11 is 0. The SMILES string of the molecule is O=C(CCCC[n+]1ccccc1)NCCNc1cccc2ccccc12. The second-order valence-corrected chi connectivity index (χ2v) is 6.37. The van der Waals surface area contributed by atoms with Crippen LogP contribution in [0, 0.1) is 0 Å². The number of carbonyl (C=O) groups is 1. The molecule has 0 spiro atoms. The minimum absolute atomic E-state index is 0.128. The lowest BCUT2D eigenvalue weighted by Gasteiger charge is -2.10. The van der Waals surface area contributed by atoms with Crippen LogP contribution in [0.15, 0.2) is 73.1 Å². The van der Waals surface area contributed by atoms with E-state index in [1.165, 1.54) is 10.8 Å². The molecule has 3 rings (SSSR count). The maximum absolute atomic E-state index is 11.9. The second kappa shape index (κ2) is 9.56. The van der Waals surface area contributed by atoms with Gasteiger partial charge in [-0.1, -0.05) is 42.5 Å². The Hall–Kier alpha value is -2.88. The van der Waals surface area contributed by atoms with Crippen molar-refractivity contribution < 1.29 is 9.36 Å². The lowest BCUT2D eigenvalue weighted by atomic mass is 10.1. The number of nitrogens with zero attached hydrogens (tertiary/aromatic N) is 1. The average Bonchev–Trinajstić information content (AvgIpc) is 2.69. The van der Waals surface area contributed by atoms with Crippen LogP contribution in [0.25, 0.3) is 10.8 Å². The first-order valence-electron chi connectivity index (χ1n) is 9.25. The van der Waals surface area contributed by atoms with E-state index in [-0.39, 0.29) is 5.91 Å². The Bertz CT molecular complexity index is 828. The van der Waals surface area contributed by atoms with Crippen molar-refractivity contribution in [2.75, 3.05) is 18.4 Å². The monoisotopic (exact) mass is 348 g/mol. The fourth-order valence-corrected chi connectivity index (χ4v) is 3.03. The Morgan fingerprint density at radius 1 is 0.846 bits per heavy atom. The van der Waals surface area contributed by atoms with E-state index >= 15 is 0 Å². The van der Waals surface area contributed by atoms with Gasteiger partial charge < -0.3 is 10.6 Å². The van der Waals surface area contributed by atoms with Crippen LogP contribution in [0.3, 0.4) is 0 Å². The van der Waals surface area contributed by atoms with E-state index in [1.54, 1.807) is 0 Å². The zero-order valence-corrected chi connectivity index (χ0v) is 15.0. The number of fused-ring (bicyclic) bond motifs is 1. The van der Waals surface area contributed by atoms with Crippen molar-refractivity contribution in [3.63, 3.8) is 0 Å². The molecule has 1 aromatic heterocycles. The Morgan fingerprint density at radius 2 is 1.65 bits per heavy atom. The van der Waals surface area contributed by atoms with Crippen LogP contribution in [0.4, 0.5) is 5.69 Å². The number of benzene rings is 2. The van der Waals surface area contributed by atoms with E-state index in [1.807, 2.05) is 36.4 Å². The molecule has 4 nitrogen and oxygen atoms in total. The van der Waals surface area contributed by atoms with Crippen LogP contribution in [0.5, 0.6) is 0 Å². The molecule has 0 fully saturated rings. The van der Waals surface area contributed by atoms with Crippen molar-refractivity contribution in [3.8, 4) is 0 Å². The summed E-state index contributed by atoms with van der Waals surface area (Å²) < 4.78 is 2.14. The number of aromatic nitrogens is 1. The summed E-state index contributed by atoms with van der Waals surface area (Å²) in [5, 5.41) is 8.83. The van der Waals surface area contributed by atoms with E-state index in [0.29, 0.717) is 13.0 Å². The molecule has 0 saturated carbocycles. The van der Waals surface area contributed by atoms with Crippen LogP contribution >= 0.6 is 0 Å². The van der Waals surface area contributed by atoms with Crippen LogP contribution in [0.2, 0.25) is 0 Å². The van der Waals surface area contributed by atoms with Crippen LogP contribution in [-0.4, -0.2) is 19.0 Å². The smallest absolute Gasteiger partial charge is 0.220 e. The van der Waals surface area contributed by atoms with Gasteiger partial charge in [0, 0.05) is 49.1 Å². The summed E-state index contributed by atoms with van der Waals surface area (Å²) in [5.74, 6) is 0.128. The molecule has 0 aliphatic heterocycles. The quantitative estimate of drug-likeness (QED) is 0.459. The standard InChI is InChI=1S/C22H25N3O/c26-22(13-4-7-18-25-16-5-1-6-17-25)24-15-14-23-21-12-8-10-19-9-2-3-11-20(19)21/h1-3,5-6,8-12,16-17,23H,4,7,13-15,18H2/p+1. The average molecular weight is 348 g/mol. The molecule has 2 N–H and O–H groups in total. The third kappa shape index (κ3) is 5.31. The van der Waals surface area contributed by atoms with E-state index < -0.39 is 0 Å². The fraction of sp³-hybridized carbons (Fsp3) is 0.273. The molecule has 1 amide bonds. The van der Waals surface area contributed by atoms with Crippen LogP contribution in [0.1, 0.15) is 19.3 Å². The number of unbranched alkanes of at least 4 members (excludes halogenated alkanes) is 1. The minimum Gasteiger partial charge on any atom is -0.383 e. The topological polar surface area (TPSA) is 45.0 Å². The molecular formula is C22H26N3O+. The molecule has 4 heteroatoms. The number of anilines is 1. The lowest BCUT2D eigenvalue weighted by Crippen LogP contribution is -2.32. The zero-order valence-electron chi connectivity index (χ0n) is 15.0. The molecule has 0 radical (unpaired) electrons. The van der Waals surface area contributed by atoms with Gasteiger partial charge in [0.05, 0.1) is 0 Å². The van der Waals surface area contributed by atoms with Gasteiger partial charge in [-0.3, -0.25) is 4.79 Å². The van der Waals surface area contributed by atoms with Crippen molar-refractivity contribution >= 4 is 22.4 Å². The van der Waals surface area contributed by atoms with E-state index in [0.717, 1.165) is 31.6 Å². The maximum Gasteiger partial charge on any atom is 0.220 e. The molecule has 0 unspecified atom stereocenters. The lowest BCUT2D eigenvalue weighted by molar-refractivity contribution is -0.697.